The molecule has 2 N–H and O–H groups in total. The van der Waals surface area contributed by atoms with E-state index in [1.165, 1.54) is 0 Å². The third-order valence-electron chi connectivity index (χ3n) is 2.97. The van der Waals surface area contributed by atoms with E-state index in [-0.39, 0.29) is 0 Å². The van der Waals surface area contributed by atoms with Gasteiger partial charge in [0.1, 0.15) is 0 Å². The van der Waals surface area contributed by atoms with Crippen LogP contribution < -0.4 is 5.73 Å². The lowest BCUT2D eigenvalue weighted by atomic mass is 10.3. The summed E-state index contributed by atoms with van der Waals surface area (Å²) in [7, 11) is 0. The van der Waals surface area contributed by atoms with Crippen LogP contribution in [0.2, 0.25) is 5.02 Å². The van der Waals surface area contributed by atoms with E-state index in [9.17, 15) is 0 Å². The summed E-state index contributed by atoms with van der Waals surface area (Å²) in [5.74, 6) is 0.544. The maximum absolute atomic E-state index is 5.95. The third-order valence-corrected chi connectivity index (χ3v) is 3.20. The first-order chi connectivity index (χ1) is 9.08. The fourth-order valence-corrected chi connectivity index (χ4v) is 2.21. The second-order valence-corrected chi connectivity index (χ2v) is 5.32. The predicted octanol–water partition coefficient (Wildman–Crippen LogP) is 3.48. The normalized spacial score (nSPS) is 11.6. The second kappa shape index (κ2) is 6.26. The smallest absolute Gasteiger partial charge is 0.201 e. The van der Waals surface area contributed by atoms with Crippen LogP contribution in [0.25, 0.3) is 11.0 Å². The van der Waals surface area contributed by atoms with Gasteiger partial charge < -0.3 is 15.0 Å². The highest BCUT2D eigenvalue weighted by Crippen LogP contribution is 2.22. The Kier molecular flexibility index (Phi) is 4.66. The summed E-state index contributed by atoms with van der Waals surface area (Å²) in [6.45, 7) is 5.73. The Balaban J connectivity index is 1.98. The molecule has 0 unspecified atom stereocenters. The van der Waals surface area contributed by atoms with Gasteiger partial charge >= 0.3 is 0 Å². The van der Waals surface area contributed by atoms with Gasteiger partial charge in [-0.1, -0.05) is 11.6 Å². The van der Waals surface area contributed by atoms with Crippen LogP contribution in [0.3, 0.4) is 0 Å². The SMILES string of the molecule is CC(C)OCCCCn1c(N)nc2cc(Cl)ccc21. The summed E-state index contributed by atoms with van der Waals surface area (Å²) in [6.07, 6.45) is 2.33. The molecule has 0 saturated heterocycles. The van der Waals surface area contributed by atoms with Crippen molar-refractivity contribution in [2.75, 3.05) is 12.3 Å². The van der Waals surface area contributed by atoms with E-state index < -0.39 is 0 Å². The van der Waals surface area contributed by atoms with Gasteiger partial charge in [-0.25, -0.2) is 4.98 Å². The van der Waals surface area contributed by atoms with Crippen molar-refractivity contribution in [3.8, 4) is 0 Å². The lowest BCUT2D eigenvalue weighted by molar-refractivity contribution is 0.0755. The first-order valence-electron chi connectivity index (χ1n) is 6.61. The van der Waals surface area contributed by atoms with Crippen LogP contribution in [0.4, 0.5) is 5.95 Å². The Hall–Kier alpha value is -1.26. The lowest BCUT2D eigenvalue weighted by Gasteiger charge is -2.08. The number of unbranched alkanes of at least 4 members (excludes halogenated alkanes) is 1. The van der Waals surface area contributed by atoms with E-state index in [0.29, 0.717) is 17.1 Å². The van der Waals surface area contributed by atoms with Crippen molar-refractivity contribution in [3.63, 3.8) is 0 Å². The number of imidazole rings is 1. The van der Waals surface area contributed by atoms with Crippen LogP contribution in [-0.2, 0) is 11.3 Å². The second-order valence-electron chi connectivity index (χ2n) is 4.88. The van der Waals surface area contributed by atoms with Gasteiger partial charge in [0.25, 0.3) is 0 Å². The number of nitrogens with two attached hydrogens (primary N) is 1. The molecule has 2 aromatic rings. The molecule has 0 fully saturated rings. The van der Waals surface area contributed by atoms with Crippen molar-refractivity contribution < 1.29 is 4.74 Å². The first-order valence-corrected chi connectivity index (χ1v) is 6.98. The number of rotatable bonds is 6. The number of halogens is 1. The highest BCUT2D eigenvalue weighted by Gasteiger charge is 2.08. The van der Waals surface area contributed by atoms with E-state index in [1.54, 1.807) is 0 Å². The minimum Gasteiger partial charge on any atom is -0.379 e. The number of nitrogens with zero attached hydrogens (tertiary/aromatic N) is 2. The van der Waals surface area contributed by atoms with Crippen LogP contribution in [0.5, 0.6) is 0 Å². The molecule has 2 rings (SSSR count). The lowest BCUT2D eigenvalue weighted by Crippen LogP contribution is -2.07. The number of hydrogen-bond acceptors (Lipinski definition) is 3. The van der Waals surface area contributed by atoms with Crippen molar-refractivity contribution in [2.45, 2.75) is 39.3 Å². The molecule has 0 aliphatic heterocycles. The minimum absolute atomic E-state index is 0.293. The first kappa shape index (κ1) is 14.2. The molecule has 0 atom stereocenters. The highest BCUT2D eigenvalue weighted by molar-refractivity contribution is 6.31. The topological polar surface area (TPSA) is 53.1 Å². The molecule has 1 heterocycles. The molecule has 0 radical (unpaired) electrons. The molecule has 19 heavy (non-hydrogen) atoms. The van der Waals surface area contributed by atoms with Crippen LogP contribution >= 0.6 is 11.6 Å². The zero-order chi connectivity index (χ0) is 13.8. The largest absolute Gasteiger partial charge is 0.379 e. The number of anilines is 1. The Morgan fingerprint density at radius 1 is 1.37 bits per heavy atom. The number of aromatic nitrogens is 2. The van der Waals surface area contributed by atoms with Crippen molar-refractivity contribution in [1.29, 1.82) is 0 Å². The van der Waals surface area contributed by atoms with Gasteiger partial charge in [0, 0.05) is 18.2 Å². The summed E-state index contributed by atoms with van der Waals surface area (Å²) in [5.41, 5.74) is 7.83. The average molecular weight is 282 g/mol. The van der Waals surface area contributed by atoms with Gasteiger partial charge in [0.2, 0.25) is 5.95 Å². The van der Waals surface area contributed by atoms with E-state index in [0.717, 1.165) is 37.0 Å². The van der Waals surface area contributed by atoms with E-state index in [4.69, 9.17) is 22.1 Å². The number of ether oxygens (including phenoxy) is 1. The zero-order valence-electron chi connectivity index (χ0n) is 11.4. The van der Waals surface area contributed by atoms with E-state index in [1.807, 2.05) is 36.6 Å². The minimum atomic E-state index is 0.293. The van der Waals surface area contributed by atoms with Crippen LogP contribution in [0.1, 0.15) is 26.7 Å². The Labute approximate surface area is 118 Å². The van der Waals surface area contributed by atoms with Crippen LogP contribution in [0.15, 0.2) is 18.2 Å². The Morgan fingerprint density at radius 3 is 2.89 bits per heavy atom. The molecule has 4 nitrogen and oxygen atoms in total. The number of aryl methyl sites for hydroxylation is 1. The molecular formula is C14H20ClN3O. The summed E-state index contributed by atoms with van der Waals surface area (Å²) >= 11 is 5.95. The highest BCUT2D eigenvalue weighted by atomic mass is 35.5. The van der Waals surface area contributed by atoms with Gasteiger partial charge in [0.05, 0.1) is 17.1 Å². The maximum atomic E-state index is 5.95. The number of fused-ring (bicyclic) bond motifs is 1. The third kappa shape index (κ3) is 3.61. The fourth-order valence-electron chi connectivity index (χ4n) is 2.05. The van der Waals surface area contributed by atoms with Crippen molar-refractivity contribution in [3.05, 3.63) is 23.2 Å². The molecule has 0 amide bonds. The van der Waals surface area contributed by atoms with E-state index >= 15 is 0 Å². The molecule has 0 aliphatic carbocycles. The molecule has 0 bridgehead atoms. The molecular weight excluding hydrogens is 262 g/mol. The maximum Gasteiger partial charge on any atom is 0.201 e. The van der Waals surface area contributed by atoms with Crippen LogP contribution in [-0.4, -0.2) is 22.3 Å². The molecule has 0 spiro atoms. The molecule has 1 aromatic carbocycles. The average Bonchev–Trinajstić information content (AvgIpc) is 2.64. The molecule has 5 heteroatoms. The van der Waals surface area contributed by atoms with Gasteiger partial charge in [-0.05, 0) is 44.9 Å². The van der Waals surface area contributed by atoms with Gasteiger partial charge in [-0.15, -0.1) is 0 Å². The summed E-state index contributed by atoms with van der Waals surface area (Å²) in [4.78, 5) is 4.33. The summed E-state index contributed by atoms with van der Waals surface area (Å²) < 4.78 is 7.55. The number of hydrogen-bond donors (Lipinski definition) is 1. The standard InChI is InChI=1S/C14H20ClN3O/c1-10(2)19-8-4-3-7-18-13-6-5-11(15)9-12(13)17-14(18)16/h5-6,9-10H,3-4,7-8H2,1-2H3,(H2,16,17). The van der Waals surface area contributed by atoms with Crippen molar-refractivity contribution >= 4 is 28.6 Å². The van der Waals surface area contributed by atoms with Gasteiger partial charge in [-0.3, -0.25) is 0 Å². The van der Waals surface area contributed by atoms with Crippen LogP contribution in [0, 0.1) is 0 Å². The predicted molar refractivity (Wildman–Crippen MR) is 79.5 cm³/mol. The molecule has 0 aliphatic rings. The monoisotopic (exact) mass is 281 g/mol. The quantitative estimate of drug-likeness (QED) is 0.825. The number of nitrogen functional groups attached to an aromatic ring is 1. The summed E-state index contributed by atoms with van der Waals surface area (Å²) in [5, 5.41) is 0.683. The summed E-state index contributed by atoms with van der Waals surface area (Å²) in [6, 6.07) is 5.67. The molecule has 104 valence electrons. The van der Waals surface area contributed by atoms with Gasteiger partial charge in [-0.2, -0.15) is 0 Å². The Bertz CT molecular complexity index is 551. The van der Waals surface area contributed by atoms with Crippen molar-refractivity contribution in [2.24, 2.45) is 0 Å². The molecule has 1 aromatic heterocycles. The molecule has 0 saturated carbocycles. The van der Waals surface area contributed by atoms with Gasteiger partial charge in [0.15, 0.2) is 0 Å². The van der Waals surface area contributed by atoms with E-state index in [2.05, 4.69) is 4.98 Å². The number of benzene rings is 1. The van der Waals surface area contributed by atoms with Crippen molar-refractivity contribution in [1.82, 2.24) is 9.55 Å². The fraction of sp³-hybridized carbons (Fsp3) is 0.500. The zero-order valence-corrected chi connectivity index (χ0v) is 12.2. The Morgan fingerprint density at radius 2 is 2.16 bits per heavy atom.